The summed E-state index contributed by atoms with van der Waals surface area (Å²) in [5.41, 5.74) is 4.64. The predicted octanol–water partition coefficient (Wildman–Crippen LogP) is 3.11. The fraction of sp³-hybridized carbons (Fsp3) is 0.391. The molecule has 0 aromatic heterocycles. The highest BCUT2D eigenvalue weighted by atomic mass is 16.1. The van der Waals surface area contributed by atoms with Crippen molar-refractivity contribution in [3.05, 3.63) is 59.7 Å². The number of fused-ring (bicyclic) bond motifs is 1. The third-order valence-electron chi connectivity index (χ3n) is 5.36. The summed E-state index contributed by atoms with van der Waals surface area (Å²) >= 11 is 0. The average Bonchev–Trinajstić information content (AvgIpc) is 2.74. The Morgan fingerprint density at radius 2 is 1.93 bits per heavy atom. The largest absolute Gasteiger partial charge is 0.370 e. The average molecular weight is 394 g/mol. The molecule has 3 N–H and O–H groups in total. The van der Waals surface area contributed by atoms with Crippen LogP contribution >= 0.6 is 0 Å². The normalized spacial score (nSPS) is 16.0. The SMILES string of the molecule is CCN(CCNC(=NC)NCC1CC(=O)Nc2ccccc21)c1ccccc1C. The summed E-state index contributed by atoms with van der Waals surface area (Å²) in [7, 11) is 1.77. The maximum atomic E-state index is 12.0. The Kier molecular flexibility index (Phi) is 7.11. The number of benzene rings is 2. The van der Waals surface area contributed by atoms with Crippen molar-refractivity contribution in [3.8, 4) is 0 Å². The molecule has 6 nitrogen and oxygen atoms in total. The number of hydrogen-bond donors (Lipinski definition) is 3. The molecule has 1 unspecified atom stereocenters. The molecule has 0 aliphatic carbocycles. The fourth-order valence-electron chi connectivity index (χ4n) is 3.80. The number of hydrogen-bond acceptors (Lipinski definition) is 3. The minimum Gasteiger partial charge on any atom is -0.370 e. The lowest BCUT2D eigenvalue weighted by Gasteiger charge is -2.27. The summed E-state index contributed by atoms with van der Waals surface area (Å²) in [4.78, 5) is 18.7. The molecule has 154 valence electrons. The van der Waals surface area contributed by atoms with Crippen LogP contribution in [0.2, 0.25) is 0 Å². The Hall–Kier alpha value is -3.02. The first kappa shape index (κ1) is 20.7. The Morgan fingerprint density at radius 1 is 1.17 bits per heavy atom. The van der Waals surface area contributed by atoms with Crippen molar-refractivity contribution >= 4 is 23.2 Å². The molecule has 0 fully saturated rings. The van der Waals surface area contributed by atoms with E-state index < -0.39 is 0 Å². The first-order valence-electron chi connectivity index (χ1n) is 10.3. The van der Waals surface area contributed by atoms with Crippen molar-refractivity contribution in [3.63, 3.8) is 0 Å². The number of amides is 1. The third kappa shape index (κ3) is 5.28. The second kappa shape index (κ2) is 9.96. The quantitative estimate of drug-likeness (QED) is 0.499. The lowest BCUT2D eigenvalue weighted by molar-refractivity contribution is -0.116. The number of nitrogens with zero attached hydrogens (tertiary/aromatic N) is 2. The Balaban J connectivity index is 1.53. The van der Waals surface area contributed by atoms with E-state index in [9.17, 15) is 4.79 Å². The van der Waals surface area contributed by atoms with E-state index >= 15 is 0 Å². The maximum Gasteiger partial charge on any atom is 0.225 e. The number of carbonyl (C=O) groups excluding carboxylic acids is 1. The van der Waals surface area contributed by atoms with Gasteiger partial charge in [-0.1, -0.05) is 36.4 Å². The maximum absolute atomic E-state index is 12.0. The molecule has 1 aliphatic heterocycles. The number of likely N-dealkylation sites (N-methyl/N-ethyl adjacent to an activating group) is 1. The number of guanidine groups is 1. The van der Waals surface area contributed by atoms with Crippen molar-refractivity contribution in [2.45, 2.75) is 26.2 Å². The molecule has 2 aromatic rings. The Labute approximate surface area is 173 Å². The van der Waals surface area contributed by atoms with Crippen molar-refractivity contribution in [2.75, 3.05) is 43.4 Å². The van der Waals surface area contributed by atoms with Crippen molar-refractivity contribution < 1.29 is 4.79 Å². The minimum absolute atomic E-state index is 0.0651. The Bertz CT molecular complexity index is 864. The van der Waals surface area contributed by atoms with Gasteiger partial charge in [0.1, 0.15) is 0 Å². The lowest BCUT2D eigenvalue weighted by Crippen LogP contribution is -2.43. The van der Waals surface area contributed by atoms with Crippen molar-refractivity contribution in [1.82, 2.24) is 10.6 Å². The minimum atomic E-state index is 0.0651. The second-order valence-electron chi connectivity index (χ2n) is 7.28. The third-order valence-corrected chi connectivity index (χ3v) is 5.36. The van der Waals surface area contributed by atoms with E-state index in [1.165, 1.54) is 16.8 Å². The molecule has 1 heterocycles. The zero-order valence-corrected chi connectivity index (χ0v) is 17.5. The summed E-state index contributed by atoms with van der Waals surface area (Å²) in [6.07, 6.45) is 0.484. The number of para-hydroxylation sites is 2. The van der Waals surface area contributed by atoms with Gasteiger partial charge in [-0.05, 0) is 37.1 Å². The van der Waals surface area contributed by atoms with Crippen LogP contribution in [0.15, 0.2) is 53.5 Å². The molecule has 29 heavy (non-hydrogen) atoms. The second-order valence-corrected chi connectivity index (χ2v) is 7.28. The summed E-state index contributed by atoms with van der Waals surface area (Å²) in [6, 6.07) is 16.5. The van der Waals surface area contributed by atoms with Crippen LogP contribution in [0.4, 0.5) is 11.4 Å². The lowest BCUT2D eigenvalue weighted by atomic mass is 9.90. The molecule has 0 saturated carbocycles. The summed E-state index contributed by atoms with van der Waals surface area (Å²) < 4.78 is 0. The van der Waals surface area contributed by atoms with Crippen LogP contribution in [0.3, 0.4) is 0 Å². The molecular weight excluding hydrogens is 362 g/mol. The molecular formula is C23H31N5O. The smallest absolute Gasteiger partial charge is 0.225 e. The van der Waals surface area contributed by atoms with Gasteiger partial charge in [0, 0.05) is 56.9 Å². The first-order chi connectivity index (χ1) is 14.1. The molecule has 0 bridgehead atoms. The van der Waals surface area contributed by atoms with Crippen molar-refractivity contribution in [2.24, 2.45) is 4.99 Å². The molecule has 0 spiro atoms. The van der Waals surface area contributed by atoms with Gasteiger partial charge in [0.25, 0.3) is 0 Å². The highest BCUT2D eigenvalue weighted by Crippen LogP contribution is 2.31. The van der Waals surface area contributed by atoms with E-state index in [1.807, 2.05) is 18.2 Å². The number of rotatable bonds is 7. The molecule has 2 aromatic carbocycles. The highest BCUT2D eigenvalue weighted by molar-refractivity contribution is 5.94. The monoisotopic (exact) mass is 393 g/mol. The zero-order valence-electron chi connectivity index (χ0n) is 17.5. The molecule has 0 saturated heterocycles. The first-order valence-corrected chi connectivity index (χ1v) is 10.3. The van der Waals surface area contributed by atoms with Gasteiger partial charge in [-0.15, -0.1) is 0 Å². The molecule has 3 rings (SSSR count). The van der Waals surface area contributed by atoms with E-state index in [0.29, 0.717) is 13.0 Å². The van der Waals surface area contributed by atoms with Crippen molar-refractivity contribution in [1.29, 1.82) is 0 Å². The number of aliphatic imine (C=N–C) groups is 1. The number of aryl methyl sites for hydroxylation is 1. The van der Waals surface area contributed by atoms with Crippen LogP contribution in [-0.2, 0) is 4.79 Å². The van der Waals surface area contributed by atoms with Gasteiger partial charge in [0.15, 0.2) is 5.96 Å². The van der Waals surface area contributed by atoms with E-state index in [2.05, 4.69) is 70.0 Å². The van der Waals surface area contributed by atoms with Crippen LogP contribution in [0.5, 0.6) is 0 Å². The summed E-state index contributed by atoms with van der Waals surface area (Å²) in [5.74, 6) is 0.960. The fourth-order valence-corrected chi connectivity index (χ4v) is 3.80. The number of anilines is 2. The van der Waals surface area contributed by atoms with Gasteiger partial charge in [-0.3, -0.25) is 9.79 Å². The molecule has 0 radical (unpaired) electrons. The number of carbonyl (C=O) groups is 1. The van der Waals surface area contributed by atoms with Crippen LogP contribution in [0, 0.1) is 6.92 Å². The van der Waals surface area contributed by atoms with E-state index in [0.717, 1.165) is 31.3 Å². The van der Waals surface area contributed by atoms with E-state index in [-0.39, 0.29) is 11.8 Å². The summed E-state index contributed by atoms with van der Waals surface area (Å²) in [5, 5.41) is 9.73. The zero-order chi connectivity index (χ0) is 20.6. The molecule has 1 atom stereocenters. The van der Waals surface area contributed by atoms with Crippen LogP contribution < -0.4 is 20.9 Å². The molecule has 6 heteroatoms. The van der Waals surface area contributed by atoms with Gasteiger partial charge < -0.3 is 20.9 Å². The number of nitrogens with one attached hydrogen (secondary N) is 3. The van der Waals surface area contributed by atoms with Crippen LogP contribution in [0.25, 0.3) is 0 Å². The van der Waals surface area contributed by atoms with Gasteiger partial charge in [0.05, 0.1) is 0 Å². The van der Waals surface area contributed by atoms with Gasteiger partial charge in [0.2, 0.25) is 5.91 Å². The molecule has 1 aliphatic rings. The predicted molar refractivity (Wildman–Crippen MR) is 121 cm³/mol. The van der Waals surface area contributed by atoms with Gasteiger partial charge in [-0.2, -0.15) is 0 Å². The van der Waals surface area contributed by atoms with Gasteiger partial charge >= 0.3 is 0 Å². The molecule has 1 amide bonds. The van der Waals surface area contributed by atoms with Crippen LogP contribution in [-0.4, -0.2) is 45.1 Å². The van der Waals surface area contributed by atoms with E-state index in [1.54, 1.807) is 7.05 Å². The Morgan fingerprint density at radius 3 is 2.69 bits per heavy atom. The summed E-state index contributed by atoms with van der Waals surface area (Å²) in [6.45, 7) is 7.60. The highest BCUT2D eigenvalue weighted by Gasteiger charge is 2.24. The standard InChI is InChI=1S/C23H31N5O/c1-4-28(21-12-8-5-9-17(21)2)14-13-25-23(24-3)26-16-18-15-22(29)27-20-11-7-6-10-19(18)20/h5-12,18H,4,13-16H2,1-3H3,(H,27,29)(H2,24,25,26). The van der Waals surface area contributed by atoms with Crippen LogP contribution in [0.1, 0.15) is 30.4 Å². The van der Waals surface area contributed by atoms with E-state index in [4.69, 9.17) is 0 Å². The topological polar surface area (TPSA) is 68.8 Å². The van der Waals surface area contributed by atoms with Gasteiger partial charge in [-0.25, -0.2) is 0 Å².